The lowest BCUT2D eigenvalue weighted by molar-refractivity contribution is -0.120. The van der Waals surface area contributed by atoms with Crippen molar-refractivity contribution in [2.45, 2.75) is 19.5 Å². The quantitative estimate of drug-likeness (QED) is 0.883. The molecule has 0 unspecified atom stereocenters. The van der Waals surface area contributed by atoms with E-state index >= 15 is 0 Å². The number of amides is 2. The van der Waals surface area contributed by atoms with Gasteiger partial charge in [-0.1, -0.05) is 0 Å². The Morgan fingerprint density at radius 3 is 3.05 bits per heavy atom. The van der Waals surface area contributed by atoms with Gasteiger partial charge in [0.1, 0.15) is 11.4 Å². The standard InChI is InChI=1S/C14H16N4O4/c1-8(16-14(20)21)6-18-12-9(5-15-18)3-4-10-13(12)17(2)11(19)7-22-10/h3-5,8,16H,6-7H2,1-2H3,(H,20,21)/t8-/m0/s1. The number of benzene rings is 1. The zero-order valence-corrected chi connectivity index (χ0v) is 12.2. The molecule has 1 aliphatic heterocycles. The van der Waals surface area contributed by atoms with Gasteiger partial charge in [0.2, 0.25) is 0 Å². The van der Waals surface area contributed by atoms with Crippen molar-refractivity contribution >= 4 is 28.6 Å². The molecule has 0 aliphatic carbocycles. The Morgan fingerprint density at radius 2 is 2.32 bits per heavy atom. The summed E-state index contributed by atoms with van der Waals surface area (Å²) in [4.78, 5) is 24.1. The second kappa shape index (κ2) is 5.21. The zero-order valence-electron chi connectivity index (χ0n) is 12.2. The van der Waals surface area contributed by atoms with E-state index in [1.807, 2.05) is 12.1 Å². The highest BCUT2D eigenvalue weighted by molar-refractivity contribution is 6.06. The van der Waals surface area contributed by atoms with Gasteiger partial charge < -0.3 is 20.1 Å². The highest BCUT2D eigenvalue weighted by atomic mass is 16.5. The summed E-state index contributed by atoms with van der Waals surface area (Å²) in [6.07, 6.45) is 0.609. The zero-order chi connectivity index (χ0) is 15.9. The number of anilines is 1. The van der Waals surface area contributed by atoms with Gasteiger partial charge in [0.15, 0.2) is 6.61 Å². The Balaban J connectivity index is 2.05. The van der Waals surface area contributed by atoms with E-state index in [2.05, 4.69) is 10.4 Å². The first kappa shape index (κ1) is 14.2. The molecule has 0 saturated heterocycles. The molecule has 0 radical (unpaired) electrons. The van der Waals surface area contributed by atoms with Crippen LogP contribution in [-0.2, 0) is 11.3 Å². The van der Waals surface area contributed by atoms with Crippen LogP contribution in [0.15, 0.2) is 18.3 Å². The summed E-state index contributed by atoms with van der Waals surface area (Å²) >= 11 is 0. The van der Waals surface area contributed by atoms with Gasteiger partial charge in [-0.3, -0.25) is 9.48 Å². The van der Waals surface area contributed by atoms with Crippen LogP contribution < -0.4 is 15.0 Å². The maximum atomic E-state index is 11.9. The lowest BCUT2D eigenvalue weighted by atomic mass is 10.1. The first-order valence-corrected chi connectivity index (χ1v) is 6.84. The largest absolute Gasteiger partial charge is 0.481 e. The average Bonchev–Trinajstić information content (AvgIpc) is 2.85. The van der Waals surface area contributed by atoms with Gasteiger partial charge in [-0.15, -0.1) is 0 Å². The molecule has 3 rings (SSSR count). The Morgan fingerprint density at radius 1 is 1.55 bits per heavy atom. The van der Waals surface area contributed by atoms with Crippen LogP contribution in [-0.4, -0.2) is 46.6 Å². The number of hydrogen-bond donors (Lipinski definition) is 2. The molecule has 1 aliphatic rings. The van der Waals surface area contributed by atoms with Crippen LogP contribution in [0, 0.1) is 0 Å². The van der Waals surface area contributed by atoms with Crippen LogP contribution in [0.25, 0.3) is 10.9 Å². The molecular formula is C14H16N4O4. The SMILES string of the molecule is C[C@@H](Cn1ncc2ccc3c(c21)N(C)C(=O)CO3)NC(=O)O. The van der Waals surface area contributed by atoms with E-state index in [1.165, 1.54) is 0 Å². The molecule has 0 spiro atoms. The van der Waals surface area contributed by atoms with Crippen LogP contribution in [0.4, 0.5) is 10.5 Å². The van der Waals surface area contributed by atoms with Crippen molar-refractivity contribution in [3.8, 4) is 5.75 Å². The molecule has 0 fully saturated rings. The molecule has 1 aromatic heterocycles. The number of carbonyl (C=O) groups excluding carboxylic acids is 1. The van der Waals surface area contributed by atoms with Crippen molar-refractivity contribution in [2.75, 3.05) is 18.6 Å². The molecule has 2 amide bonds. The normalized spacial score (nSPS) is 15.4. The monoisotopic (exact) mass is 304 g/mol. The number of carbonyl (C=O) groups is 2. The molecule has 1 aromatic carbocycles. The molecule has 0 bridgehead atoms. The van der Waals surface area contributed by atoms with Crippen molar-refractivity contribution in [1.82, 2.24) is 15.1 Å². The maximum absolute atomic E-state index is 11.9. The van der Waals surface area contributed by atoms with E-state index in [-0.39, 0.29) is 18.6 Å². The minimum atomic E-state index is -1.08. The number of rotatable bonds is 3. The van der Waals surface area contributed by atoms with Crippen LogP contribution >= 0.6 is 0 Å². The van der Waals surface area contributed by atoms with Crippen molar-refractivity contribution in [2.24, 2.45) is 0 Å². The number of aromatic nitrogens is 2. The minimum absolute atomic E-state index is 0.0140. The van der Waals surface area contributed by atoms with Gasteiger partial charge in [0.25, 0.3) is 5.91 Å². The Kier molecular flexibility index (Phi) is 3.36. The fourth-order valence-electron chi connectivity index (χ4n) is 2.60. The first-order valence-electron chi connectivity index (χ1n) is 6.84. The topological polar surface area (TPSA) is 96.7 Å². The minimum Gasteiger partial charge on any atom is -0.481 e. The molecule has 2 aromatic rings. The average molecular weight is 304 g/mol. The number of likely N-dealkylation sites (N-methyl/N-ethyl adjacent to an activating group) is 1. The van der Waals surface area contributed by atoms with Gasteiger partial charge in [-0.2, -0.15) is 5.10 Å². The molecule has 0 saturated carbocycles. The number of hydrogen-bond acceptors (Lipinski definition) is 4. The summed E-state index contributed by atoms with van der Waals surface area (Å²) in [5, 5.41) is 16.3. The number of nitrogens with zero attached hydrogens (tertiary/aromatic N) is 3. The molecule has 22 heavy (non-hydrogen) atoms. The summed E-state index contributed by atoms with van der Waals surface area (Å²) in [6.45, 7) is 2.12. The third-order valence-corrected chi connectivity index (χ3v) is 3.62. The highest BCUT2D eigenvalue weighted by Crippen LogP contribution is 2.38. The van der Waals surface area contributed by atoms with E-state index in [0.717, 1.165) is 10.9 Å². The summed E-state index contributed by atoms with van der Waals surface area (Å²) in [6, 6.07) is 3.37. The second-order valence-corrected chi connectivity index (χ2v) is 5.27. The lowest BCUT2D eigenvalue weighted by Crippen LogP contribution is -2.37. The summed E-state index contributed by atoms with van der Waals surface area (Å²) < 4.78 is 7.15. The van der Waals surface area contributed by atoms with Crippen LogP contribution in [0.5, 0.6) is 5.75 Å². The van der Waals surface area contributed by atoms with Crippen molar-refractivity contribution < 1.29 is 19.4 Å². The predicted molar refractivity (Wildman–Crippen MR) is 79.3 cm³/mol. The molecule has 8 heteroatoms. The fourth-order valence-corrected chi connectivity index (χ4v) is 2.60. The molecule has 1 atom stereocenters. The molecule has 2 heterocycles. The van der Waals surface area contributed by atoms with Gasteiger partial charge in [-0.25, -0.2) is 4.79 Å². The Labute approximate surface area is 126 Å². The lowest BCUT2D eigenvalue weighted by Gasteiger charge is -2.27. The Bertz CT molecular complexity index is 755. The number of ether oxygens (including phenoxy) is 1. The third-order valence-electron chi connectivity index (χ3n) is 3.62. The van der Waals surface area contributed by atoms with E-state index < -0.39 is 6.09 Å². The van der Waals surface area contributed by atoms with Crippen LogP contribution in [0.2, 0.25) is 0 Å². The molecule has 116 valence electrons. The first-order chi connectivity index (χ1) is 10.5. The van der Waals surface area contributed by atoms with E-state index in [4.69, 9.17) is 9.84 Å². The summed E-state index contributed by atoms with van der Waals surface area (Å²) in [5.74, 6) is 0.486. The van der Waals surface area contributed by atoms with Crippen molar-refractivity contribution in [3.63, 3.8) is 0 Å². The third kappa shape index (κ3) is 2.32. The molecule has 2 N–H and O–H groups in total. The van der Waals surface area contributed by atoms with Crippen molar-refractivity contribution in [1.29, 1.82) is 0 Å². The predicted octanol–water partition coefficient (Wildman–Crippen LogP) is 1.05. The number of nitrogens with one attached hydrogen (secondary N) is 1. The van der Waals surface area contributed by atoms with Gasteiger partial charge in [0.05, 0.1) is 18.3 Å². The fraction of sp³-hybridized carbons (Fsp3) is 0.357. The summed E-state index contributed by atoms with van der Waals surface area (Å²) in [7, 11) is 1.69. The maximum Gasteiger partial charge on any atom is 0.404 e. The van der Waals surface area contributed by atoms with E-state index in [0.29, 0.717) is 18.0 Å². The van der Waals surface area contributed by atoms with Crippen molar-refractivity contribution in [3.05, 3.63) is 18.3 Å². The molecular weight excluding hydrogens is 288 g/mol. The van der Waals surface area contributed by atoms with Gasteiger partial charge >= 0.3 is 6.09 Å². The summed E-state index contributed by atoms with van der Waals surface area (Å²) in [5.41, 5.74) is 1.42. The highest BCUT2D eigenvalue weighted by Gasteiger charge is 2.26. The second-order valence-electron chi connectivity index (χ2n) is 5.27. The van der Waals surface area contributed by atoms with E-state index in [1.54, 1.807) is 29.7 Å². The Hall–Kier alpha value is -2.77. The van der Waals surface area contributed by atoms with Gasteiger partial charge in [-0.05, 0) is 19.1 Å². The van der Waals surface area contributed by atoms with Crippen LogP contribution in [0.1, 0.15) is 6.92 Å². The van der Waals surface area contributed by atoms with E-state index in [9.17, 15) is 9.59 Å². The van der Waals surface area contributed by atoms with Crippen LogP contribution in [0.3, 0.4) is 0 Å². The smallest absolute Gasteiger partial charge is 0.404 e. The number of fused-ring (bicyclic) bond motifs is 3. The number of carboxylic acid groups (broad SMARTS) is 1. The van der Waals surface area contributed by atoms with Gasteiger partial charge in [0, 0.05) is 18.5 Å². The molecule has 8 nitrogen and oxygen atoms in total.